The number of hydrogen-bond acceptors (Lipinski definition) is 2. The summed E-state index contributed by atoms with van der Waals surface area (Å²) in [5.41, 5.74) is 1.53. The third-order valence-electron chi connectivity index (χ3n) is 2.21. The second-order valence-electron chi connectivity index (χ2n) is 3.21. The minimum absolute atomic E-state index is 0.0535. The molecule has 1 atom stereocenters. The largest absolute Gasteiger partial charge is 0.394 e. The van der Waals surface area contributed by atoms with Crippen molar-refractivity contribution in [1.82, 2.24) is 5.32 Å². The van der Waals surface area contributed by atoms with E-state index < -0.39 is 0 Å². The summed E-state index contributed by atoms with van der Waals surface area (Å²) < 4.78 is 0. The van der Waals surface area contributed by atoms with E-state index in [0.29, 0.717) is 5.57 Å². The highest BCUT2D eigenvalue weighted by molar-refractivity contribution is 6.21. The Morgan fingerprint density at radius 1 is 1.29 bits per heavy atom. The van der Waals surface area contributed by atoms with Gasteiger partial charge in [-0.05, 0) is 11.6 Å². The van der Waals surface area contributed by atoms with Gasteiger partial charge in [-0.25, -0.2) is 0 Å². The number of carbonyl (C=O) groups excluding carboxylic acids is 1. The Bertz CT molecular complexity index is 370. The standard InChI is InChI=1S/C11H11NO2/c13-7-9-6-10(11(14)12-9)8-4-2-1-3-5-8/h1-6,9,13H,7H2,(H,12,14). The van der Waals surface area contributed by atoms with Crippen LogP contribution in [0.5, 0.6) is 0 Å². The van der Waals surface area contributed by atoms with Crippen LogP contribution in [-0.4, -0.2) is 23.7 Å². The van der Waals surface area contributed by atoms with Gasteiger partial charge in [0.25, 0.3) is 5.91 Å². The molecule has 3 heteroatoms. The molecule has 2 N–H and O–H groups in total. The van der Waals surface area contributed by atoms with Crippen LogP contribution in [0.15, 0.2) is 36.4 Å². The lowest BCUT2D eigenvalue weighted by Gasteiger charge is -2.01. The summed E-state index contributed by atoms with van der Waals surface area (Å²) in [4.78, 5) is 11.5. The molecule has 3 nitrogen and oxygen atoms in total. The molecule has 1 aliphatic rings. The number of amides is 1. The number of aliphatic hydroxyl groups excluding tert-OH is 1. The van der Waals surface area contributed by atoms with Gasteiger partial charge in [-0.3, -0.25) is 4.79 Å². The summed E-state index contributed by atoms with van der Waals surface area (Å²) in [6.45, 7) is -0.0535. The summed E-state index contributed by atoms with van der Waals surface area (Å²) in [6.07, 6.45) is 1.76. The zero-order valence-corrected chi connectivity index (χ0v) is 7.60. The maximum Gasteiger partial charge on any atom is 0.252 e. The lowest BCUT2D eigenvalue weighted by molar-refractivity contribution is -0.115. The molecule has 2 rings (SSSR count). The molecule has 1 amide bonds. The van der Waals surface area contributed by atoms with E-state index in [-0.39, 0.29) is 18.6 Å². The molecule has 14 heavy (non-hydrogen) atoms. The first-order chi connectivity index (χ1) is 6.81. The quantitative estimate of drug-likeness (QED) is 0.714. The van der Waals surface area contributed by atoms with Crippen LogP contribution in [0, 0.1) is 0 Å². The van der Waals surface area contributed by atoms with Crippen LogP contribution in [0.25, 0.3) is 5.57 Å². The van der Waals surface area contributed by atoms with E-state index in [1.165, 1.54) is 0 Å². The van der Waals surface area contributed by atoms with Crippen molar-refractivity contribution in [3.8, 4) is 0 Å². The van der Waals surface area contributed by atoms with Crippen LogP contribution in [0.2, 0.25) is 0 Å². The SMILES string of the molecule is O=C1NC(CO)C=C1c1ccccc1. The first-order valence-electron chi connectivity index (χ1n) is 4.50. The molecule has 0 aliphatic carbocycles. The van der Waals surface area contributed by atoms with Gasteiger partial charge in [-0.15, -0.1) is 0 Å². The molecule has 1 unspecified atom stereocenters. The molecular weight excluding hydrogens is 178 g/mol. The minimum Gasteiger partial charge on any atom is -0.394 e. The molecule has 1 aliphatic heterocycles. The fraction of sp³-hybridized carbons (Fsp3) is 0.182. The normalized spacial score (nSPS) is 20.5. The Kier molecular flexibility index (Phi) is 2.33. The van der Waals surface area contributed by atoms with E-state index >= 15 is 0 Å². The summed E-state index contributed by atoms with van der Waals surface area (Å²) in [5.74, 6) is -0.116. The third-order valence-corrected chi connectivity index (χ3v) is 2.21. The Morgan fingerprint density at radius 2 is 2.00 bits per heavy atom. The van der Waals surface area contributed by atoms with Gasteiger partial charge >= 0.3 is 0 Å². The number of benzene rings is 1. The minimum atomic E-state index is -0.238. The monoisotopic (exact) mass is 189 g/mol. The van der Waals surface area contributed by atoms with Crippen molar-refractivity contribution in [2.45, 2.75) is 6.04 Å². The number of rotatable bonds is 2. The fourth-order valence-corrected chi connectivity index (χ4v) is 1.51. The second kappa shape index (κ2) is 3.64. The van der Waals surface area contributed by atoms with Crippen LogP contribution in [-0.2, 0) is 4.79 Å². The molecule has 0 radical (unpaired) electrons. The maximum atomic E-state index is 11.5. The first-order valence-corrected chi connectivity index (χ1v) is 4.50. The van der Waals surface area contributed by atoms with E-state index in [4.69, 9.17) is 5.11 Å². The van der Waals surface area contributed by atoms with Crippen molar-refractivity contribution in [1.29, 1.82) is 0 Å². The summed E-state index contributed by atoms with van der Waals surface area (Å²) in [5, 5.41) is 11.6. The maximum absolute atomic E-state index is 11.5. The Labute approximate surface area is 82.1 Å². The number of nitrogens with one attached hydrogen (secondary N) is 1. The van der Waals surface area contributed by atoms with E-state index in [1.807, 2.05) is 30.3 Å². The highest BCUT2D eigenvalue weighted by Gasteiger charge is 2.22. The van der Waals surface area contributed by atoms with E-state index in [2.05, 4.69) is 5.32 Å². The Morgan fingerprint density at radius 3 is 2.57 bits per heavy atom. The number of aliphatic hydroxyl groups is 1. The van der Waals surface area contributed by atoms with Gasteiger partial charge < -0.3 is 10.4 Å². The average molecular weight is 189 g/mol. The van der Waals surface area contributed by atoms with E-state index in [9.17, 15) is 4.79 Å². The highest BCUT2D eigenvalue weighted by atomic mass is 16.3. The van der Waals surface area contributed by atoms with Gasteiger partial charge in [0.1, 0.15) is 0 Å². The zero-order valence-electron chi connectivity index (χ0n) is 7.60. The van der Waals surface area contributed by atoms with E-state index in [1.54, 1.807) is 6.08 Å². The predicted octanol–water partition coefficient (Wildman–Crippen LogP) is 0.561. The van der Waals surface area contributed by atoms with E-state index in [0.717, 1.165) is 5.56 Å². The molecule has 0 saturated heterocycles. The predicted molar refractivity (Wildman–Crippen MR) is 53.4 cm³/mol. The molecule has 0 spiro atoms. The van der Waals surface area contributed by atoms with Crippen molar-refractivity contribution in [2.24, 2.45) is 0 Å². The molecule has 0 fully saturated rings. The highest BCUT2D eigenvalue weighted by Crippen LogP contribution is 2.19. The van der Waals surface area contributed by atoms with Gasteiger partial charge in [-0.1, -0.05) is 30.3 Å². The molecular formula is C11H11NO2. The average Bonchev–Trinajstić information content (AvgIpc) is 2.61. The van der Waals surface area contributed by atoms with Crippen molar-refractivity contribution in [3.63, 3.8) is 0 Å². The zero-order chi connectivity index (χ0) is 9.97. The summed E-state index contributed by atoms with van der Waals surface area (Å²) in [7, 11) is 0. The lowest BCUT2D eigenvalue weighted by Crippen LogP contribution is -2.29. The van der Waals surface area contributed by atoms with Gasteiger partial charge in [0, 0.05) is 5.57 Å². The van der Waals surface area contributed by atoms with Crippen LogP contribution in [0.4, 0.5) is 0 Å². The Balaban J connectivity index is 2.31. The Hall–Kier alpha value is -1.61. The van der Waals surface area contributed by atoms with Crippen LogP contribution in [0.3, 0.4) is 0 Å². The second-order valence-corrected chi connectivity index (χ2v) is 3.21. The molecule has 0 aromatic heterocycles. The number of carbonyl (C=O) groups is 1. The summed E-state index contributed by atoms with van der Waals surface area (Å²) in [6, 6.07) is 9.19. The van der Waals surface area contributed by atoms with Crippen molar-refractivity contribution >= 4 is 11.5 Å². The van der Waals surface area contributed by atoms with Crippen molar-refractivity contribution < 1.29 is 9.90 Å². The van der Waals surface area contributed by atoms with Gasteiger partial charge in [-0.2, -0.15) is 0 Å². The fourth-order valence-electron chi connectivity index (χ4n) is 1.51. The first kappa shape index (κ1) is 8.97. The smallest absolute Gasteiger partial charge is 0.252 e. The van der Waals surface area contributed by atoms with Crippen LogP contribution in [0.1, 0.15) is 5.56 Å². The van der Waals surface area contributed by atoms with Crippen LogP contribution < -0.4 is 5.32 Å². The number of hydrogen-bond donors (Lipinski definition) is 2. The van der Waals surface area contributed by atoms with Crippen LogP contribution >= 0.6 is 0 Å². The molecule has 1 aromatic carbocycles. The topological polar surface area (TPSA) is 49.3 Å². The van der Waals surface area contributed by atoms with Gasteiger partial charge in [0.2, 0.25) is 0 Å². The van der Waals surface area contributed by atoms with Crippen molar-refractivity contribution in [2.75, 3.05) is 6.61 Å². The molecule has 1 aromatic rings. The van der Waals surface area contributed by atoms with Gasteiger partial charge in [0.15, 0.2) is 0 Å². The molecule has 1 heterocycles. The van der Waals surface area contributed by atoms with Gasteiger partial charge in [0.05, 0.1) is 12.6 Å². The summed E-state index contributed by atoms with van der Waals surface area (Å²) >= 11 is 0. The third kappa shape index (κ3) is 1.54. The molecule has 0 saturated carbocycles. The van der Waals surface area contributed by atoms with Crippen molar-refractivity contribution in [3.05, 3.63) is 42.0 Å². The molecule has 72 valence electrons. The lowest BCUT2D eigenvalue weighted by atomic mass is 10.1. The molecule has 0 bridgehead atoms.